The molecule has 2 aliphatic heterocycles. The van der Waals surface area contributed by atoms with Crippen LogP contribution in [0.1, 0.15) is 25.7 Å². The number of hydrogen-bond donors (Lipinski definition) is 3. The summed E-state index contributed by atoms with van der Waals surface area (Å²) < 4.78 is 82.0. The molecule has 2 fully saturated rings. The summed E-state index contributed by atoms with van der Waals surface area (Å²) in [5.41, 5.74) is 8.16. The Labute approximate surface area is 395 Å². The minimum atomic E-state index is -0.0639. The maximum absolute atomic E-state index is 12.1. The Morgan fingerprint density at radius 3 is 1.20 bits per heavy atom. The van der Waals surface area contributed by atoms with E-state index in [0.29, 0.717) is 223 Å². The van der Waals surface area contributed by atoms with Gasteiger partial charge in [0.1, 0.15) is 0 Å². The lowest BCUT2D eigenvalue weighted by Crippen LogP contribution is -2.36. The number of unbranched alkanes of at least 4 members (excludes halogenated alkanes) is 1. The number of fused-ring (bicyclic) bond motifs is 1. The smallest absolute Gasteiger partial charge is 0.315 e. The molecule has 0 aliphatic carbocycles. The number of urea groups is 1. The second kappa shape index (κ2) is 47.8. The van der Waals surface area contributed by atoms with Crippen molar-refractivity contribution < 1.29 is 80.6 Å². The van der Waals surface area contributed by atoms with Crippen LogP contribution >= 0.6 is 11.8 Å². The first-order valence-electron chi connectivity index (χ1n) is 23.3. The molecule has 2 aliphatic rings. The standard InChI is InChI=1S/C42H80N6O17S/c43-48-45-6-8-52-10-12-54-14-16-56-18-20-58-22-24-60-26-28-62-30-32-64-34-36-65-35-33-63-31-29-61-27-25-59-23-21-57-19-17-55-15-13-53-11-9-51-7-5-44-40(49)4-2-1-3-39-41-38(37-66-39)46-42(50)47-41/h38-39,41H,1-37H2,(H,44,49)(H2,46,47,50)/t38-,39-,41-/m0/s1. The van der Waals surface area contributed by atoms with E-state index in [4.69, 9.17) is 76.6 Å². The van der Waals surface area contributed by atoms with Crippen LogP contribution in [0.4, 0.5) is 4.79 Å². The predicted octanol–water partition coefficient (Wildman–Crippen LogP) is 1.39. The number of nitrogens with zero attached hydrogens (tertiary/aromatic N) is 3. The van der Waals surface area contributed by atoms with Crippen molar-refractivity contribution in [2.24, 2.45) is 5.11 Å². The van der Waals surface area contributed by atoms with Gasteiger partial charge in [-0.25, -0.2) is 4.79 Å². The van der Waals surface area contributed by atoms with Gasteiger partial charge in [0.15, 0.2) is 0 Å². The highest BCUT2D eigenvalue weighted by molar-refractivity contribution is 8.00. The Morgan fingerprint density at radius 2 is 0.848 bits per heavy atom. The van der Waals surface area contributed by atoms with Crippen LogP contribution < -0.4 is 16.0 Å². The molecule has 386 valence electrons. The molecule has 0 bridgehead atoms. The van der Waals surface area contributed by atoms with Crippen LogP contribution in [0.3, 0.4) is 0 Å². The molecular formula is C42H80N6O17S. The largest absolute Gasteiger partial charge is 0.379 e. The van der Waals surface area contributed by atoms with E-state index < -0.39 is 0 Å². The summed E-state index contributed by atoms with van der Waals surface area (Å²) in [7, 11) is 0. The summed E-state index contributed by atoms with van der Waals surface area (Å²) >= 11 is 1.90. The van der Waals surface area contributed by atoms with Crippen LogP contribution in [-0.4, -0.2) is 246 Å². The van der Waals surface area contributed by atoms with E-state index in [1.54, 1.807) is 0 Å². The van der Waals surface area contributed by atoms with Crippen LogP contribution in [0.2, 0.25) is 0 Å². The Balaban J connectivity index is 1.12. The summed E-state index contributed by atoms with van der Waals surface area (Å²) in [6.07, 6.45) is 3.32. The molecule has 2 heterocycles. The lowest BCUT2D eigenvalue weighted by Gasteiger charge is -2.16. The SMILES string of the molecule is [N-]=[N+]=NCCOCCOCCOCCOCCOCCOCCOCCOCCOCCOCCOCCOCCOCCOCCOCCNC(=O)CCCC[C@@H]1SC[C@@H]2NC(=O)N[C@@H]21. The number of ether oxygens (including phenoxy) is 15. The highest BCUT2D eigenvalue weighted by atomic mass is 32.2. The number of carbonyl (C=O) groups excluding carboxylic acids is 2. The van der Waals surface area contributed by atoms with E-state index in [1.807, 2.05) is 11.8 Å². The normalized spacial score (nSPS) is 16.6. The number of amides is 3. The van der Waals surface area contributed by atoms with E-state index in [-0.39, 0.29) is 24.0 Å². The third-order valence-corrected chi connectivity index (χ3v) is 10.8. The van der Waals surface area contributed by atoms with E-state index >= 15 is 0 Å². The molecule has 23 nitrogen and oxygen atoms in total. The van der Waals surface area contributed by atoms with Crippen molar-refractivity contribution in [3.05, 3.63) is 10.4 Å². The van der Waals surface area contributed by atoms with Crippen molar-refractivity contribution in [3.63, 3.8) is 0 Å². The van der Waals surface area contributed by atoms with Gasteiger partial charge in [-0.1, -0.05) is 11.5 Å². The lowest BCUT2D eigenvalue weighted by molar-refractivity contribution is -0.121. The Bertz CT molecular complexity index is 1160. The molecule has 0 saturated carbocycles. The molecule has 0 aromatic rings. The molecule has 0 aromatic heterocycles. The van der Waals surface area contributed by atoms with Gasteiger partial charge in [-0.2, -0.15) is 11.8 Å². The van der Waals surface area contributed by atoms with Crippen molar-refractivity contribution in [3.8, 4) is 0 Å². The maximum Gasteiger partial charge on any atom is 0.315 e. The summed E-state index contributed by atoms with van der Waals surface area (Å²) in [5.74, 6) is 0.994. The van der Waals surface area contributed by atoms with E-state index in [0.717, 1.165) is 25.0 Å². The molecule has 0 radical (unpaired) electrons. The van der Waals surface area contributed by atoms with Crippen molar-refractivity contribution in [1.29, 1.82) is 0 Å². The zero-order valence-corrected chi connectivity index (χ0v) is 39.9. The van der Waals surface area contributed by atoms with Crippen LogP contribution in [0.25, 0.3) is 10.4 Å². The quantitative estimate of drug-likeness (QED) is 0.0256. The van der Waals surface area contributed by atoms with Crippen LogP contribution in [0.15, 0.2) is 5.11 Å². The average molecular weight is 973 g/mol. The van der Waals surface area contributed by atoms with Crippen LogP contribution in [0, 0.1) is 0 Å². The number of hydrogen-bond acceptors (Lipinski definition) is 19. The highest BCUT2D eigenvalue weighted by Crippen LogP contribution is 2.33. The van der Waals surface area contributed by atoms with Crippen molar-refractivity contribution >= 4 is 23.7 Å². The van der Waals surface area contributed by atoms with E-state index in [2.05, 4.69) is 26.0 Å². The van der Waals surface area contributed by atoms with Crippen LogP contribution in [-0.2, 0) is 75.8 Å². The minimum Gasteiger partial charge on any atom is -0.379 e. The molecule has 0 aromatic carbocycles. The van der Waals surface area contributed by atoms with Crippen molar-refractivity contribution in [2.75, 3.05) is 217 Å². The van der Waals surface area contributed by atoms with Gasteiger partial charge in [0.25, 0.3) is 0 Å². The first kappa shape index (κ1) is 59.9. The number of rotatable bonds is 53. The molecule has 3 atom stereocenters. The highest BCUT2D eigenvalue weighted by Gasteiger charge is 2.42. The van der Waals surface area contributed by atoms with Crippen LogP contribution in [0.5, 0.6) is 0 Å². The van der Waals surface area contributed by atoms with Gasteiger partial charge >= 0.3 is 6.03 Å². The molecular weight excluding hydrogens is 893 g/mol. The topological polar surface area (TPSA) is 257 Å². The number of nitrogens with one attached hydrogen (secondary N) is 3. The third-order valence-electron chi connectivity index (χ3n) is 9.26. The predicted molar refractivity (Wildman–Crippen MR) is 243 cm³/mol. The molecule has 2 rings (SSSR count). The molecule has 3 N–H and O–H groups in total. The van der Waals surface area contributed by atoms with Gasteiger partial charge in [0, 0.05) is 35.4 Å². The molecule has 2 saturated heterocycles. The van der Waals surface area contributed by atoms with Gasteiger partial charge in [-0.05, 0) is 18.4 Å². The van der Waals surface area contributed by atoms with Crippen molar-refractivity contribution in [2.45, 2.75) is 43.0 Å². The molecule has 0 spiro atoms. The average Bonchev–Trinajstić information content (AvgIpc) is 3.88. The van der Waals surface area contributed by atoms with Gasteiger partial charge in [0.05, 0.1) is 210 Å². The summed E-state index contributed by atoms with van der Waals surface area (Å²) in [6.45, 7) is 15.0. The molecule has 0 unspecified atom stereocenters. The minimum absolute atomic E-state index is 0.0388. The maximum atomic E-state index is 12.1. The summed E-state index contributed by atoms with van der Waals surface area (Å²) in [4.78, 5) is 26.2. The van der Waals surface area contributed by atoms with Gasteiger partial charge < -0.3 is 87.0 Å². The van der Waals surface area contributed by atoms with Gasteiger partial charge in [-0.15, -0.1) is 0 Å². The molecule has 3 amide bonds. The number of carbonyl (C=O) groups is 2. The van der Waals surface area contributed by atoms with E-state index in [1.165, 1.54) is 0 Å². The molecule has 66 heavy (non-hydrogen) atoms. The van der Waals surface area contributed by atoms with E-state index in [9.17, 15) is 9.59 Å². The van der Waals surface area contributed by atoms with Gasteiger partial charge in [0.2, 0.25) is 5.91 Å². The first-order valence-corrected chi connectivity index (χ1v) is 24.4. The Morgan fingerprint density at radius 1 is 0.515 bits per heavy atom. The Hall–Kier alpha value is -2.20. The lowest BCUT2D eigenvalue weighted by atomic mass is 10.0. The number of azide groups is 1. The zero-order valence-electron chi connectivity index (χ0n) is 39.1. The fourth-order valence-corrected chi connectivity index (χ4v) is 7.50. The number of thioether (sulfide) groups is 1. The van der Waals surface area contributed by atoms with Gasteiger partial charge in [-0.3, -0.25) is 4.79 Å². The summed E-state index contributed by atoms with van der Waals surface area (Å²) in [5, 5.41) is 12.7. The zero-order chi connectivity index (χ0) is 46.9. The monoisotopic (exact) mass is 973 g/mol. The third kappa shape index (κ3) is 38.7. The Kier molecular flexibility index (Phi) is 43.4. The molecule has 24 heteroatoms. The fourth-order valence-electron chi connectivity index (χ4n) is 5.96. The fraction of sp³-hybridized carbons (Fsp3) is 0.952. The second-order valence-electron chi connectivity index (χ2n) is 14.4. The second-order valence-corrected chi connectivity index (χ2v) is 15.6. The first-order chi connectivity index (χ1) is 32.7. The summed E-state index contributed by atoms with van der Waals surface area (Å²) in [6, 6.07) is 0.394. The van der Waals surface area contributed by atoms with Crippen molar-refractivity contribution in [1.82, 2.24) is 16.0 Å².